The fourth-order valence-corrected chi connectivity index (χ4v) is 3.22. The molecular formula is C17H19N5S. The average molecular weight is 325 g/mol. The molecule has 0 amide bonds. The molecule has 0 spiro atoms. The predicted molar refractivity (Wildman–Crippen MR) is 91.2 cm³/mol. The van der Waals surface area contributed by atoms with Crippen LogP contribution in [0.3, 0.4) is 0 Å². The number of benzene rings is 1. The molecule has 0 fully saturated rings. The lowest BCUT2D eigenvalue weighted by Gasteiger charge is -2.11. The molecule has 0 aliphatic carbocycles. The highest BCUT2D eigenvalue weighted by molar-refractivity contribution is 7.99. The Kier molecular flexibility index (Phi) is 4.73. The highest BCUT2D eigenvalue weighted by Gasteiger charge is 2.17. The van der Waals surface area contributed by atoms with E-state index in [0.717, 1.165) is 27.9 Å². The van der Waals surface area contributed by atoms with Crippen LogP contribution >= 0.6 is 11.8 Å². The van der Waals surface area contributed by atoms with Crippen LogP contribution in [0.1, 0.15) is 23.0 Å². The number of pyridine rings is 1. The van der Waals surface area contributed by atoms with Crippen molar-refractivity contribution in [1.29, 1.82) is 0 Å². The van der Waals surface area contributed by atoms with Crippen LogP contribution in [-0.2, 0) is 13.5 Å². The Labute approximate surface area is 140 Å². The third-order valence-corrected chi connectivity index (χ3v) is 4.88. The maximum absolute atomic E-state index is 6.32. The van der Waals surface area contributed by atoms with Gasteiger partial charge in [-0.05, 0) is 42.3 Å². The standard InChI is InChI=1S/C17H19N5S/c1-12-11-19-9-8-15(12)23-17-21-20-16(22(17)2)14(18)10-13-6-4-3-5-7-13/h3-9,11,14H,10,18H2,1-2H3. The first kappa shape index (κ1) is 15.7. The summed E-state index contributed by atoms with van der Waals surface area (Å²) in [6.45, 7) is 2.04. The number of nitrogens with two attached hydrogens (primary N) is 1. The van der Waals surface area contributed by atoms with Gasteiger partial charge in [-0.15, -0.1) is 10.2 Å². The van der Waals surface area contributed by atoms with Crippen LogP contribution in [0.25, 0.3) is 0 Å². The van der Waals surface area contributed by atoms with Crippen LogP contribution in [0.4, 0.5) is 0 Å². The Morgan fingerprint density at radius 1 is 1.17 bits per heavy atom. The Morgan fingerprint density at radius 3 is 2.70 bits per heavy atom. The van der Waals surface area contributed by atoms with Crippen molar-refractivity contribution in [3.05, 3.63) is 65.7 Å². The summed E-state index contributed by atoms with van der Waals surface area (Å²) in [6.07, 6.45) is 4.38. The van der Waals surface area contributed by atoms with E-state index in [9.17, 15) is 0 Å². The average Bonchev–Trinajstić information content (AvgIpc) is 2.92. The monoisotopic (exact) mass is 325 g/mol. The van der Waals surface area contributed by atoms with Crippen molar-refractivity contribution in [3.63, 3.8) is 0 Å². The summed E-state index contributed by atoms with van der Waals surface area (Å²) >= 11 is 1.58. The minimum Gasteiger partial charge on any atom is -0.321 e. The number of hydrogen-bond acceptors (Lipinski definition) is 5. The van der Waals surface area contributed by atoms with Gasteiger partial charge in [0.05, 0.1) is 6.04 Å². The minimum absolute atomic E-state index is 0.178. The van der Waals surface area contributed by atoms with Crippen molar-refractivity contribution >= 4 is 11.8 Å². The minimum atomic E-state index is -0.178. The molecule has 0 saturated heterocycles. The first-order chi connectivity index (χ1) is 11.1. The van der Waals surface area contributed by atoms with Crippen molar-refractivity contribution in [1.82, 2.24) is 19.7 Å². The maximum atomic E-state index is 6.32. The molecule has 3 rings (SSSR count). The van der Waals surface area contributed by atoms with Gasteiger partial charge in [-0.2, -0.15) is 0 Å². The molecule has 5 nitrogen and oxygen atoms in total. The summed E-state index contributed by atoms with van der Waals surface area (Å²) in [5, 5.41) is 9.41. The Bertz CT molecular complexity index is 785. The summed E-state index contributed by atoms with van der Waals surface area (Å²) in [5.41, 5.74) is 8.64. The van der Waals surface area contributed by atoms with Gasteiger partial charge >= 0.3 is 0 Å². The van der Waals surface area contributed by atoms with Crippen LogP contribution in [0.5, 0.6) is 0 Å². The molecule has 23 heavy (non-hydrogen) atoms. The topological polar surface area (TPSA) is 69.6 Å². The molecule has 0 bridgehead atoms. The van der Waals surface area contributed by atoms with Gasteiger partial charge in [0.25, 0.3) is 0 Å². The Hall–Kier alpha value is -2.18. The van der Waals surface area contributed by atoms with Crippen molar-refractivity contribution in [2.75, 3.05) is 0 Å². The molecular weight excluding hydrogens is 306 g/mol. The second-order valence-corrected chi connectivity index (χ2v) is 6.45. The molecule has 6 heteroatoms. The Balaban J connectivity index is 1.78. The molecule has 2 heterocycles. The summed E-state index contributed by atoms with van der Waals surface area (Å²) in [6, 6.07) is 12.0. The van der Waals surface area contributed by atoms with E-state index in [1.165, 1.54) is 5.56 Å². The van der Waals surface area contributed by atoms with E-state index in [0.29, 0.717) is 0 Å². The van der Waals surface area contributed by atoms with Crippen LogP contribution in [0.2, 0.25) is 0 Å². The summed E-state index contributed by atoms with van der Waals surface area (Å²) < 4.78 is 1.97. The van der Waals surface area contributed by atoms with Crippen molar-refractivity contribution in [2.45, 2.75) is 29.4 Å². The first-order valence-corrected chi connectivity index (χ1v) is 8.24. The lowest BCUT2D eigenvalue weighted by molar-refractivity contribution is 0.616. The van der Waals surface area contributed by atoms with Gasteiger partial charge in [-0.3, -0.25) is 4.98 Å². The largest absolute Gasteiger partial charge is 0.321 e. The second kappa shape index (κ2) is 6.93. The van der Waals surface area contributed by atoms with E-state index >= 15 is 0 Å². The van der Waals surface area contributed by atoms with E-state index in [1.807, 2.05) is 49.0 Å². The molecule has 2 aromatic heterocycles. The van der Waals surface area contributed by atoms with Crippen LogP contribution in [0.15, 0.2) is 58.8 Å². The number of aryl methyl sites for hydroxylation is 1. The SMILES string of the molecule is Cc1cnccc1Sc1nnc(C(N)Cc2ccccc2)n1C. The highest BCUT2D eigenvalue weighted by Crippen LogP contribution is 2.29. The Morgan fingerprint density at radius 2 is 1.96 bits per heavy atom. The predicted octanol–water partition coefficient (Wildman–Crippen LogP) is 2.91. The van der Waals surface area contributed by atoms with Gasteiger partial charge in [0.15, 0.2) is 11.0 Å². The van der Waals surface area contributed by atoms with E-state index in [4.69, 9.17) is 5.73 Å². The van der Waals surface area contributed by atoms with Gasteiger partial charge in [-0.1, -0.05) is 30.3 Å². The zero-order valence-corrected chi connectivity index (χ0v) is 14.0. The van der Waals surface area contributed by atoms with E-state index < -0.39 is 0 Å². The number of nitrogens with zero attached hydrogens (tertiary/aromatic N) is 4. The summed E-state index contributed by atoms with van der Waals surface area (Å²) in [5.74, 6) is 0.795. The highest BCUT2D eigenvalue weighted by atomic mass is 32.2. The fourth-order valence-electron chi connectivity index (χ4n) is 2.37. The number of hydrogen-bond donors (Lipinski definition) is 1. The summed E-state index contributed by atoms with van der Waals surface area (Å²) in [4.78, 5) is 5.24. The molecule has 0 aliphatic heterocycles. The zero-order chi connectivity index (χ0) is 16.2. The van der Waals surface area contributed by atoms with E-state index in [2.05, 4.69) is 27.3 Å². The van der Waals surface area contributed by atoms with Gasteiger partial charge in [-0.25, -0.2) is 0 Å². The molecule has 2 N–H and O–H groups in total. The quantitative estimate of drug-likeness (QED) is 0.781. The van der Waals surface area contributed by atoms with Gasteiger partial charge in [0, 0.05) is 24.3 Å². The molecule has 0 radical (unpaired) electrons. The molecule has 0 aliphatic rings. The van der Waals surface area contributed by atoms with Crippen molar-refractivity contribution < 1.29 is 0 Å². The lowest BCUT2D eigenvalue weighted by Crippen LogP contribution is -2.18. The molecule has 1 aromatic carbocycles. The maximum Gasteiger partial charge on any atom is 0.195 e. The van der Waals surface area contributed by atoms with Gasteiger partial charge in [0.1, 0.15) is 0 Å². The second-order valence-electron chi connectivity index (χ2n) is 5.44. The third-order valence-electron chi connectivity index (χ3n) is 3.67. The third kappa shape index (κ3) is 3.60. The molecule has 0 saturated carbocycles. The first-order valence-electron chi connectivity index (χ1n) is 7.42. The van der Waals surface area contributed by atoms with Crippen molar-refractivity contribution in [2.24, 2.45) is 12.8 Å². The lowest BCUT2D eigenvalue weighted by atomic mass is 10.1. The number of aromatic nitrogens is 4. The zero-order valence-electron chi connectivity index (χ0n) is 13.2. The molecule has 1 atom stereocenters. The molecule has 3 aromatic rings. The van der Waals surface area contributed by atoms with Crippen LogP contribution < -0.4 is 5.73 Å². The van der Waals surface area contributed by atoms with E-state index in [-0.39, 0.29) is 6.04 Å². The van der Waals surface area contributed by atoms with Gasteiger partial charge in [0.2, 0.25) is 0 Å². The normalized spacial score (nSPS) is 12.3. The fraction of sp³-hybridized carbons (Fsp3) is 0.235. The molecule has 1 unspecified atom stereocenters. The van der Waals surface area contributed by atoms with Gasteiger partial charge < -0.3 is 10.3 Å². The van der Waals surface area contributed by atoms with Crippen LogP contribution in [-0.4, -0.2) is 19.7 Å². The summed E-state index contributed by atoms with van der Waals surface area (Å²) in [7, 11) is 1.96. The van der Waals surface area contributed by atoms with Crippen LogP contribution in [0, 0.1) is 6.92 Å². The smallest absolute Gasteiger partial charge is 0.195 e. The molecule has 118 valence electrons. The number of rotatable bonds is 5. The van der Waals surface area contributed by atoms with E-state index in [1.54, 1.807) is 18.0 Å². The van der Waals surface area contributed by atoms with Crippen molar-refractivity contribution in [3.8, 4) is 0 Å².